The molecule has 3 aromatic carbocycles. The van der Waals surface area contributed by atoms with E-state index in [2.05, 4.69) is 10.3 Å². The molecular formula is C23H18Cl2N2O3S. The van der Waals surface area contributed by atoms with E-state index in [9.17, 15) is 0 Å². The molecule has 0 unspecified atom stereocenters. The van der Waals surface area contributed by atoms with Crippen LogP contribution < -0.4 is 14.8 Å². The van der Waals surface area contributed by atoms with Gasteiger partial charge in [0.15, 0.2) is 5.58 Å². The van der Waals surface area contributed by atoms with E-state index in [4.69, 9.17) is 49.3 Å². The standard InChI is InChI=1S/C23H18Cl2N2O3S/c1-13(29-20-5-3-4-17(24)21(20)25)23(31)26-15-8-11-19-18(12-15)27-22(30-19)14-6-9-16(28-2)10-7-14/h3-13H,1-2H3,(H,26,31)/t13-/m0/s1. The summed E-state index contributed by atoms with van der Waals surface area (Å²) in [6, 6.07) is 18.3. The highest BCUT2D eigenvalue weighted by molar-refractivity contribution is 7.80. The second kappa shape index (κ2) is 9.14. The van der Waals surface area contributed by atoms with Crippen molar-refractivity contribution < 1.29 is 13.9 Å². The molecule has 0 saturated heterocycles. The molecule has 0 saturated carbocycles. The van der Waals surface area contributed by atoms with Gasteiger partial charge in [0, 0.05) is 11.3 Å². The second-order valence-electron chi connectivity index (χ2n) is 6.73. The minimum Gasteiger partial charge on any atom is -0.497 e. The molecular weight excluding hydrogens is 455 g/mol. The van der Waals surface area contributed by atoms with Gasteiger partial charge in [-0.15, -0.1) is 0 Å². The highest BCUT2D eigenvalue weighted by atomic mass is 35.5. The number of fused-ring (bicyclic) bond motifs is 1. The van der Waals surface area contributed by atoms with Crippen molar-refractivity contribution in [1.29, 1.82) is 0 Å². The van der Waals surface area contributed by atoms with Gasteiger partial charge in [0.1, 0.15) is 33.1 Å². The number of thiocarbonyl (C=S) groups is 1. The number of nitrogens with one attached hydrogen (secondary N) is 1. The van der Waals surface area contributed by atoms with E-state index in [1.54, 1.807) is 25.3 Å². The van der Waals surface area contributed by atoms with Gasteiger partial charge < -0.3 is 19.2 Å². The smallest absolute Gasteiger partial charge is 0.227 e. The molecule has 5 nitrogen and oxygen atoms in total. The number of hydrogen-bond acceptors (Lipinski definition) is 5. The van der Waals surface area contributed by atoms with E-state index in [0.29, 0.717) is 37.8 Å². The van der Waals surface area contributed by atoms with Crippen LogP contribution in [0.3, 0.4) is 0 Å². The zero-order valence-electron chi connectivity index (χ0n) is 16.7. The largest absolute Gasteiger partial charge is 0.497 e. The zero-order valence-corrected chi connectivity index (χ0v) is 19.0. The van der Waals surface area contributed by atoms with E-state index >= 15 is 0 Å². The molecule has 4 rings (SSSR count). The average molecular weight is 473 g/mol. The fraction of sp³-hybridized carbons (Fsp3) is 0.130. The molecule has 1 atom stereocenters. The number of ether oxygens (including phenoxy) is 2. The Bertz CT molecular complexity index is 1240. The van der Waals surface area contributed by atoms with Crippen molar-refractivity contribution >= 4 is 57.2 Å². The number of halogens is 2. The number of aromatic nitrogens is 1. The van der Waals surface area contributed by atoms with E-state index in [1.807, 2.05) is 49.4 Å². The molecule has 4 aromatic rings. The third-order valence-corrected chi connectivity index (χ3v) is 5.82. The van der Waals surface area contributed by atoms with Crippen LogP contribution in [-0.2, 0) is 0 Å². The molecule has 1 heterocycles. The molecule has 158 valence electrons. The minimum absolute atomic E-state index is 0.355. The monoisotopic (exact) mass is 472 g/mol. The first kappa shape index (κ1) is 21.4. The molecule has 8 heteroatoms. The van der Waals surface area contributed by atoms with Crippen LogP contribution in [0.1, 0.15) is 6.92 Å². The zero-order chi connectivity index (χ0) is 22.0. The predicted molar refractivity (Wildman–Crippen MR) is 129 cm³/mol. The number of hydrogen-bond donors (Lipinski definition) is 1. The summed E-state index contributed by atoms with van der Waals surface area (Å²) < 4.78 is 16.9. The summed E-state index contributed by atoms with van der Waals surface area (Å²) in [5, 5.41) is 3.97. The van der Waals surface area contributed by atoms with Crippen molar-refractivity contribution in [3.63, 3.8) is 0 Å². The van der Waals surface area contributed by atoms with E-state index < -0.39 is 6.10 Å². The molecule has 0 aliphatic rings. The molecule has 0 spiro atoms. The maximum absolute atomic E-state index is 6.19. The van der Waals surface area contributed by atoms with Crippen molar-refractivity contribution in [3.8, 4) is 23.0 Å². The van der Waals surface area contributed by atoms with Gasteiger partial charge >= 0.3 is 0 Å². The van der Waals surface area contributed by atoms with Gasteiger partial charge in [-0.3, -0.25) is 0 Å². The second-order valence-corrected chi connectivity index (χ2v) is 7.96. The average Bonchev–Trinajstić information content (AvgIpc) is 3.20. The van der Waals surface area contributed by atoms with Crippen molar-refractivity contribution in [2.45, 2.75) is 13.0 Å². The fourth-order valence-electron chi connectivity index (χ4n) is 2.93. The Morgan fingerprint density at radius 1 is 1.10 bits per heavy atom. The lowest BCUT2D eigenvalue weighted by Gasteiger charge is -2.18. The van der Waals surface area contributed by atoms with E-state index in [-0.39, 0.29) is 0 Å². The molecule has 1 N–H and O–H groups in total. The highest BCUT2D eigenvalue weighted by Gasteiger charge is 2.15. The number of anilines is 1. The van der Waals surface area contributed by atoms with Crippen molar-refractivity contribution in [3.05, 3.63) is 70.7 Å². The van der Waals surface area contributed by atoms with Crippen LogP contribution in [-0.4, -0.2) is 23.2 Å². The minimum atomic E-state index is -0.422. The van der Waals surface area contributed by atoms with Crippen LogP contribution in [0, 0.1) is 0 Å². The number of methoxy groups -OCH3 is 1. The summed E-state index contributed by atoms with van der Waals surface area (Å²) in [6.45, 7) is 1.84. The summed E-state index contributed by atoms with van der Waals surface area (Å²) in [5.41, 5.74) is 3.03. The van der Waals surface area contributed by atoms with Gasteiger partial charge in [0.25, 0.3) is 0 Å². The van der Waals surface area contributed by atoms with Crippen molar-refractivity contribution in [2.24, 2.45) is 0 Å². The fourth-order valence-corrected chi connectivity index (χ4v) is 3.43. The molecule has 0 fully saturated rings. The van der Waals surface area contributed by atoms with Gasteiger partial charge in [-0.25, -0.2) is 4.98 Å². The Morgan fingerprint density at radius 2 is 1.87 bits per heavy atom. The molecule has 0 bridgehead atoms. The Kier molecular flexibility index (Phi) is 6.32. The Hall–Kier alpha value is -2.80. The van der Waals surface area contributed by atoms with Crippen molar-refractivity contribution in [1.82, 2.24) is 4.98 Å². The van der Waals surface area contributed by atoms with Gasteiger partial charge in [-0.05, 0) is 61.5 Å². The van der Waals surface area contributed by atoms with Crippen LogP contribution in [0.5, 0.6) is 11.5 Å². The summed E-state index contributed by atoms with van der Waals surface area (Å²) in [4.78, 5) is 5.08. The number of rotatable bonds is 6. The lowest BCUT2D eigenvalue weighted by molar-refractivity contribution is 0.289. The maximum Gasteiger partial charge on any atom is 0.227 e. The van der Waals surface area contributed by atoms with Crippen LogP contribution >= 0.6 is 35.4 Å². The number of nitrogens with zero attached hydrogens (tertiary/aromatic N) is 1. The van der Waals surface area contributed by atoms with Gasteiger partial charge in [-0.1, -0.05) is 41.5 Å². The lowest BCUT2D eigenvalue weighted by atomic mass is 10.2. The van der Waals surface area contributed by atoms with Crippen molar-refractivity contribution in [2.75, 3.05) is 12.4 Å². The van der Waals surface area contributed by atoms with E-state index in [0.717, 1.165) is 17.0 Å². The van der Waals surface area contributed by atoms with Crippen LogP contribution in [0.4, 0.5) is 5.69 Å². The van der Waals surface area contributed by atoms with Crippen LogP contribution in [0.2, 0.25) is 10.0 Å². The molecule has 0 aliphatic carbocycles. The summed E-state index contributed by atoms with van der Waals surface area (Å²) in [6.07, 6.45) is -0.422. The summed E-state index contributed by atoms with van der Waals surface area (Å²) in [7, 11) is 1.63. The molecule has 31 heavy (non-hydrogen) atoms. The molecule has 0 aliphatic heterocycles. The topological polar surface area (TPSA) is 56.5 Å². The Morgan fingerprint density at radius 3 is 2.61 bits per heavy atom. The molecule has 0 amide bonds. The van der Waals surface area contributed by atoms with Crippen LogP contribution in [0.15, 0.2) is 65.1 Å². The Balaban J connectivity index is 1.49. The predicted octanol–water partition coefficient (Wildman–Crippen LogP) is 7.02. The van der Waals surface area contributed by atoms with Gasteiger partial charge in [0.05, 0.1) is 12.1 Å². The third-order valence-electron chi connectivity index (χ3n) is 4.58. The first-order valence-corrected chi connectivity index (χ1v) is 10.6. The summed E-state index contributed by atoms with van der Waals surface area (Å²) in [5.74, 6) is 1.78. The lowest BCUT2D eigenvalue weighted by Crippen LogP contribution is -2.28. The number of oxazole rings is 1. The first-order valence-electron chi connectivity index (χ1n) is 9.41. The molecule has 1 aromatic heterocycles. The van der Waals surface area contributed by atoms with Gasteiger partial charge in [-0.2, -0.15) is 0 Å². The molecule has 0 radical (unpaired) electrons. The van der Waals surface area contributed by atoms with E-state index in [1.165, 1.54) is 0 Å². The SMILES string of the molecule is COc1ccc(-c2nc3cc(NC(=S)[C@H](C)Oc4cccc(Cl)c4Cl)ccc3o2)cc1. The summed E-state index contributed by atoms with van der Waals surface area (Å²) >= 11 is 17.7. The Labute approximate surface area is 194 Å². The normalized spacial score (nSPS) is 11.9. The van der Waals surface area contributed by atoms with Crippen LogP contribution in [0.25, 0.3) is 22.6 Å². The highest BCUT2D eigenvalue weighted by Crippen LogP contribution is 2.32. The number of benzene rings is 3. The van der Waals surface area contributed by atoms with Gasteiger partial charge in [0.2, 0.25) is 5.89 Å². The quantitative estimate of drug-likeness (QED) is 0.304. The first-order chi connectivity index (χ1) is 14.9. The third kappa shape index (κ3) is 4.77. The maximum atomic E-state index is 6.19.